The SMILES string of the molecule is CC1CCCN(C(=O)CNC2(CO)Cc3ccccc3C2)C1. The quantitative estimate of drug-likeness (QED) is 0.883. The van der Waals surface area contributed by atoms with E-state index in [0.29, 0.717) is 12.5 Å². The smallest absolute Gasteiger partial charge is 0.236 e. The van der Waals surface area contributed by atoms with Gasteiger partial charge in [0.15, 0.2) is 0 Å². The average molecular weight is 302 g/mol. The van der Waals surface area contributed by atoms with Gasteiger partial charge in [-0.05, 0) is 42.7 Å². The van der Waals surface area contributed by atoms with Crippen LogP contribution in [0.2, 0.25) is 0 Å². The summed E-state index contributed by atoms with van der Waals surface area (Å²) in [6, 6.07) is 8.30. The molecule has 1 unspecified atom stereocenters. The van der Waals surface area contributed by atoms with Crippen LogP contribution < -0.4 is 5.32 Å². The van der Waals surface area contributed by atoms with E-state index in [1.54, 1.807) is 0 Å². The van der Waals surface area contributed by atoms with Gasteiger partial charge in [-0.1, -0.05) is 31.2 Å². The topological polar surface area (TPSA) is 52.6 Å². The molecule has 3 rings (SSSR count). The number of carbonyl (C=O) groups is 1. The van der Waals surface area contributed by atoms with Gasteiger partial charge in [-0.25, -0.2) is 0 Å². The fourth-order valence-corrected chi connectivity index (χ4v) is 3.78. The standard InChI is InChI=1S/C18H26N2O2/c1-14-5-4-8-20(12-14)17(22)11-19-18(13-21)9-15-6-2-3-7-16(15)10-18/h2-3,6-7,14,19,21H,4-5,8-13H2,1H3. The predicted octanol–water partition coefficient (Wildman–Crippen LogP) is 1.36. The summed E-state index contributed by atoms with van der Waals surface area (Å²) in [5, 5.41) is 13.2. The molecule has 0 saturated carbocycles. The van der Waals surface area contributed by atoms with E-state index < -0.39 is 0 Å². The largest absolute Gasteiger partial charge is 0.394 e. The van der Waals surface area contributed by atoms with Crippen LogP contribution in [0.4, 0.5) is 0 Å². The molecule has 0 aromatic heterocycles. The number of likely N-dealkylation sites (tertiary alicyclic amines) is 1. The van der Waals surface area contributed by atoms with Crippen LogP contribution in [0.15, 0.2) is 24.3 Å². The molecule has 1 atom stereocenters. The molecule has 1 aliphatic carbocycles. The van der Waals surface area contributed by atoms with Gasteiger partial charge in [0.25, 0.3) is 0 Å². The Bertz CT molecular complexity index is 519. The average Bonchev–Trinajstić information content (AvgIpc) is 2.92. The lowest BCUT2D eigenvalue weighted by Gasteiger charge is -2.33. The Kier molecular flexibility index (Phi) is 4.50. The number of benzene rings is 1. The molecule has 2 aliphatic rings. The van der Waals surface area contributed by atoms with Crippen LogP contribution in [0.5, 0.6) is 0 Å². The van der Waals surface area contributed by atoms with Crippen molar-refractivity contribution in [3.05, 3.63) is 35.4 Å². The van der Waals surface area contributed by atoms with E-state index in [4.69, 9.17) is 0 Å². The Morgan fingerprint density at radius 1 is 1.36 bits per heavy atom. The third kappa shape index (κ3) is 3.18. The fraction of sp³-hybridized carbons (Fsp3) is 0.611. The number of carbonyl (C=O) groups excluding carboxylic acids is 1. The Labute approximate surface area is 132 Å². The van der Waals surface area contributed by atoms with Crippen molar-refractivity contribution in [2.24, 2.45) is 5.92 Å². The number of fused-ring (bicyclic) bond motifs is 1. The molecule has 22 heavy (non-hydrogen) atoms. The molecule has 1 aliphatic heterocycles. The van der Waals surface area contributed by atoms with Gasteiger partial charge in [0, 0.05) is 18.6 Å². The summed E-state index contributed by atoms with van der Waals surface area (Å²) in [6.07, 6.45) is 3.91. The van der Waals surface area contributed by atoms with Crippen molar-refractivity contribution >= 4 is 5.91 Å². The van der Waals surface area contributed by atoms with Crippen molar-refractivity contribution in [3.8, 4) is 0 Å². The van der Waals surface area contributed by atoms with Crippen LogP contribution in [-0.4, -0.2) is 47.7 Å². The van der Waals surface area contributed by atoms with Gasteiger partial charge in [-0.15, -0.1) is 0 Å². The number of hydrogen-bond donors (Lipinski definition) is 2. The maximum Gasteiger partial charge on any atom is 0.236 e. The van der Waals surface area contributed by atoms with E-state index in [9.17, 15) is 9.90 Å². The third-order valence-electron chi connectivity index (χ3n) is 5.10. The first-order valence-corrected chi connectivity index (χ1v) is 8.32. The Morgan fingerprint density at radius 3 is 2.64 bits per heavy atom. The molecule has 0 spiro atoms. The molecule has 1 aromatic carbocycles. The van der Waals surface area contributed by atoms with Gasteiger partial charge >= 0.3 is 0 Å². The number of amides is 1. The normalized spacial score (nSPS) is 23.4. The van der Waals surface area contributed by atoms with Crippen LogP contribution in [-0.2, 0) is 17.6 Å². The molecule has 1 fully saturated rings. The van der Waals surface area contributed by atoms with E-state index in [-0.39, 0.29) is 18.1 Å². The second-order valence-corrected chi connectivity index (χ2v) is 7.00. The van der Waals surface area contributed by atoms with Crippen LogP contribution in [0.1, 0.15) is 30.9 Å². The van der Waals surface area contributed by atoms with E-state index in [0.717, 1.165) is 32.4 Å². The second kappa shape index (κ2) is 6.39. The Hall–Kier alpha value is -1.39. The molecule has 0 bridgehead atoms. The van der Waals surface area contributed by atoms with Gasteiger partial charge in [0.1, 0.15) is 0 Å². The summed E-state index contributed by atoms with van der Waals surface area (Å²) in [5.74, 6) is 0.760. The second-order valence-electron chi connectivity index (χ2n) is 7.00. The van der Waals surface area contributed by atoms with Gasteiger partial charge in [-0.3, -0.25) is 4.79 Å². The lowest BCUT2D eigenvalue weighted by Crippen LogP contribution is -2.54. The minimum Gasteiger partial charge on any atom is -0.394 e. The number of nitrogens with zero attached hydrogens (tertiary/aromatic N) is 1. The molecule has 1 amide bonds. The summed E-state index contributed by atoms with van der Waals surface area (Å²) < 4.78 is 0. The Morgan fingerprint density at radius 2 is 2.05 bits per heavy atom. The summed E-state index contributed by atoms with van der Waals surface area (Å²) in [7, 11) is 0. The van der Waals surface area contributed by atoms with Crippen LogP contribution >= 0.6 is 0 Å². The lowest BCUT2D eigenvalue weighted by atomic mass is 9.96. The van der Waals surface area contributed by atoms with Gasteiger partial charge in [0.05, 0.1) is 13.2 Å². The fourth-order valence-electron chi connectivity index (χ4n) is 3.78. The third-order valence-corrected chi connectivity index (χ3v) is 5.10. The van der Waals surface area contributed by atoms with Crippen molar-refractivity contribution in [1.29, 1.82) is 0 Å². The highest BCUT2D eigenvalue weighted by atomic mass is 16.3. The van der Waals surface area contributed by atoms with Crippen molar-refractivity contribution in [3.63, 3.8) is 0 Å². The molecular weight excluding hydrogens is 276 g/mol. The van der Waals surface area contributed by atoms with Crippen molar-refractivity contribution < 1.29 is 9.90 Å². The molecule has 1 saturated heterocycles. The van der Waals surface area contributed by atoms with Crippen LogP contribution in [0.3, 0.4) is 0 Å². The first kappa shape index (κ1) is 15.5. The number of aliphatic hydroxyl groups is 1. The zero-order valence-electron chi connectivity index (χ0n) is 13.3. The maximum absolute atomic E-state index is 12.4. The van der Waals surface area contributed by atoms with E-state index in [2.05, 4.69) is 24.4 Å². The van der Waals surface area contributed by atoms with Gasteiger partial charge < -0.3 is 15.3 Å². The number of nitrogens with one attached hydrogen (secondary N) is 1. The molecule has 1 aromatic rings. The highest BCUT2D eigenvalue weighted by Gasteiger charge is 2.37. The molecular formula is C18H26N2O2. The zero-order chi connectivity index (χ0) is 15.6. The van der Waals surface area contributed by atoms with Crippen LogP contribution in [0.25, 0.3) is 0 Å². The molecule has 0 radical (unpaired) electrons. The first-order valence-electron chi connectivity index (χ1n) is 8.32. The Balaban J connectivity index is 1.59. The number of rotatable bonds is 4. The van der Waals surface area contributed by atoms with E-state index >= 15 is 0 Å². The van der Waals surface area contributed by atoms with Gasteiger partial charge in [-0.2, -0.15) is 0 Å². The summed E-state index contributed by atoms with van der Waals surface area (Å²) in [6.45, 7) is 4.33. The van der Waals surface area contributed by atoms with Crippen LogP contribution in [0, 0.1) is 5.92 Å². The molecule has 4 heteroatoms. The minimum atomic E-state index is -0.374. The molecule has 2 N–H and O–H groups in total. The van der Waals surface area contributed by atoms with E-state index in [1.807, 2.05) is 17.0 Å². The minimum absolute atomic E-state index is 0.0609. The molecule has 120 valence electrons. The van der Waals surface area contributed by atoms with Crippen molar-refractivity contribution in [1.82, 2.24) is 10.2 Å². The van der Waals surface area contributed by atoms with E-state index in [1.165, 1.54) is 17.5 Å². The first-order chi connectivity index (χ1) is 10.6. The maximum atomic E-state index is 12.4. The van der Waals surface area contributed by atoms with Gasteiger partial charge in [0.2, 0.25) is 5.91 Å². The number of piperidine rings is 1. The number of hydrogen-bond acceptors (Lipinski definition) is 3. The highest BCUT2D eigenvalue weighted by molar-refractivity contribution is 5.78. The molecule has 4 nitrogen and oxygen atoms in total. The lowest BCUT2D eigenvalue weighted by molar-refractivity contribution is -0.132. The predicted molar refractivity (Wildman–Crippen MR) is 86.6 cm³/mol. The summed E-state index contributed by atoms with van der Waals surface area (Å²) in [4.78, 5) is 14.4. The summed E-state index contributed by atoms with van der Waals surface area (Å²) in [5.41, 5.74) is 2.19. The number of aliphatic hydroxyl groups excluding tert-OH is 1. The highest BCUT2D eigenvalue weighted by Crippen LogP contribution is 2.29. The van der Waals surface area contributed by atoms with Crippen molar-refractivity contribution in [2.75, 3.05) is 26.2 Å². The monoisotopic (exact) mass is 302 g/mol. The zero-order valence-corrected chi connectivity index (χ0v) is 13.3. The summed E-state index contributed by atoms with van der Waals surface area (Å²) >= 11 is 0. The van der Waals surface area contributed by atoms with Crippen molar-refractivity contribution in [2.45, 2.75) is 38.1 Å². The molecule has 1 heterocycles.